The Labute approximate surface area is 145 Å². The first-order valence-corrected chi connectivity index (χ1v) is 8.56. The molecule has 8 heteroatoms. The largest absolute Gasteiger partial charge is 0.365 e. The van der Waals surface area contributed by atoms with Gasteiger partial charge in [-0.25, -0.2) is 0 Å². The molecule has 1 unspecified atom stereocenters. The molecule has 3 aliphatic heterocycles. The van der Waals surface area contributed by atoms with Crippen LogP contribution >= 0.6 is 0 Å². The van der Waals surface area contributed by atoms with Crippen LogP contribution in [0, 0.1) is 0 Å². The standard InChI is InChI=1S/C17H23NO7/c1-3-16(25-10-21-2)12-8-13-17(23-6-7-24-17)4-5-18(13)14(19)11(12)9-22-15(16)20/h8,15,20H,3-7,9-10H2,1-2H3/t15?,16-/m0/s1. The van der Waals surface area contributed by atoms with Gasteiger partial charge in [0.05, 0.1) is 25.5 Å². The first kappa shape index (κ1) is 17.1. The molecule has 0 radical (unpaired) electrons. The van der Waals surface area contributed by atoms with Crippen molar-refractivity contribution in [1.29, 1.82) is 0 Å². The zero-order chi connectivity index (χ0) is 17.7. The van der Waals surface area contributed by atoms with Gasteiger partial charge >= 0.3 is 0 Å². The third kappa shape index (κ3) is 2.33. The van der Waals surface area contributed by atoms with E-state index in [1.807, 2.05) is 13.0 Å². The maximum Gasteiger partial charge on any atom is 0.256 e. The van der Waals surface area contributed by atoms with E-state index in [2.05, 4.69) is 0 Å². The second-order valence-corrected chi connectivity index (χ2v) is 6.54. The predicted molar refractivity (Wildman–Crippen MR) is 84.6 cm³/mol. The van der Waals surface area contributed by atoms with Crippen molar-refractivity contribution in [2.24, 2.45) is 0 Å². The average Bonchev–Trinajstić information content (AvgIpc) is 3.24. The van der Waals surface area contributed by atoms with E-state index in [9.17, 15) is 9.90 Å². The van der Waals surface area contributed by atoms with Crippen molar-refractivity contribution >= 4 is 0 Å². The molecule has 8 nitrogen and oxygen atoms in total. The van der Waals surface area contributed by atoms with E-state index < -0.39 is 17.7 Å². The van der Waals surface area contributed by atoms with Gasteiger partial charge < -0.3 is 33.4 Å². The number of nitrogens with zero attached hydrogens (tertiary/aromatic N) is 1. The average molecular weight is 353 g/mol. The number of ether oxygens (including phenoxy) is 5. The van der Waals surface area contributed by atoms with E-state index in [1.165, 1.54) is 7.11 Å². The Hall–Kier alpha value is -1.29. The van der Waals surface area contributed by atoms with Gasteiger partial charge in [0.1, 0.15) is 12.4 Å². The topological polar surface area (TPSA) is 88.4 Å². The van der Waals surface area contributed by atoms with Crippen molar-refractivity contribution in [1.82, 2.24) is 4.57 Å². The van der Waals surface area contributed by atoms with Gasteiger partial charge in [0, 0.05) is 31.2 Å². The highest BCUT2D eigenvalue weighted by Crippen LogP contribution is 2.44. The maximum atomic E-state index is 13.0. The lowest BCUT2D eigenvalue weighted by Gasteiger charge is -2.41. The summed E-state index contributed by atoms with van der Waals surface area (Å²) in [5.74, 6) is -0.877. The van der Waals surface area contributed by atoms with E-state index in [1.54, 1.807) is 4.57 Å². The maximum absolute atomic E-state index is 13.0. The number of aromatic nitrogens is 1. The number of methoxy groups -OCH3 is 1. The lowest BCUT2D eigenvalue weighted by atomic mass is 9.84. The zero-order valence-electron chi connectivity index (χ0n) is 14.4. The van der Waals surface area contributed by atoms with Crippen LogP contribution in [0.25, 0.3) is 0 Å². The van der Waals surface area contributed by atoms with Crippen molar-refractivity contribution in [3.8, 4) is 0 Å². The molecule has 1 saturated heterocycles. The van der Waals surface area contributed by atoms with Gasteiger partial charge in [-0.15, -0.1) is 0 Å². The van der Waals surface area contributed by atoms with Crippen LogP contribution in [-0.4, -0.2) is 43.1 Å². The third-order valence-electron chi connectivity index (χ3n) is 5.41. The minimum atomic E-state index is -1.19. The smallest absolute Gasteiger partial charge is 0.256 e. The number of pyridine rings is 1. The van der Waals surface area contributed by atoms with E-state index in [4.69, 9.17) is 23.7 Å². The van der Waals surface area contributed by atoms with Gasteiger partial charge in [-0.3, -0.25) is 4.79 Å². The minimum absolute atomic E-state index is 0.0236. The number of aliphatic hydroxyl groups is 1. The normalized spacial score (nSPS) is 29.8. The summed E-state index contributed by atoms with van der Waals surface area (Å²) in [7, 11) is 1.51. The van der Waals surface area contributed by atoms with Crippen molar-refractivity contribution in [2.45, 2.75) is 50.6 Å². The van der Waals surface area contributed by atoms with Gasteiger partial charge in [-0.1, -0.05) is 6.92 Å². The molecule has 0 saturated carbocycles. The Kier molecular flexibility index (Phi) is 4.22. The summed E-state index contributed by atoms with van der Waals surface area (Å²) >= 11 is 0. The van der Waals surface area contributed by atoms with Crippen LogP contribution in [-0.2, 0) is 48.2 Å². The van der Waals surface area contributed by atoms with Gasteiger partial charge in [0.2, 0.25) is 5.79 Å². The summed E-state index contributed by atoms with van der Waals surface area (Å²) in [5.41, 5.74) is 0.501. The van der Waals surface area contributed by atoms with Crippen LogP contribution < -0.4 is 5.56 Å². The lowest BCUT2D eigenvalue weighted by Crippen LogP contribution is -2.50. The molecule has 1 spiro atoms. The molecule has 1 aromatic heterocycles. The fourth-order valence-electron chi connectivity index (χ4n) is 4.09. The second-order valence-electron chi connectivity index (χ2n) is 6.54. The molecule has 1 fully saturated rings. The van der Waals surface area contributed by atoms with Gasteiger partial charge in [-0.05, 0) is 12.5 Å². The SMILES string of the molecule is CC[C@]1(OCOC)c2cc3n(c(=O)c2COC1O)CCC31OCCO1. The van der Waals surface area contributed by atoms with Crippen molar-refractivity contribution in [3.05, 3.63) is 33.2 Å². The number of rotatable bonds is 4. The molecule has 4 heterocycles. The highest BCUT2D eigenvalue weighted by molar-refractivity contribution is 5.38. The number of hydrogen-bond acceptors (Lipinski definition) is 7. The first-order chi connectivity index (χ1) is 12.1. The Morgan fingerprint density at radius 3 is 2.84 bits per heavy atom. The zero-order valence-corrected chi connectivity index (χ0v) is 14.4. The molecule has 1 aromatic rings. The molecule has 0 bridgehead atoms. The number of hydrogen-bond donors (Lipinski definition) is 1. The van der Waals surface area contributed by atoms with Crippen LogP contribution in [0.4, 0.5) is 0 Å². The van der Waals surface area contributed by atoms with Crippen LogP contribution in [0.15, 0.2) is 10.9 Å². The molecule has 138 valence electrons. The van der Waals surface area contributed by atoms with E-state index in [-0.39, 0.29) is 19.0 Å². The van der Waals surface area contributed by atoms with E-state index in [0.717, 1.165) is 0 Å². The van der Waals surface area contributed by atoms with Crippen molar-refractivity contribution in [3.63, 3.8) is 0 Å². The molecular weight excluding hydrogens is 330 g/mol. The van der Waals surface area contributed by atoms with Crippen LogP contribution in [0.1, 0.15) is 36.6 Å². The van der Waals surface area contributed by atoms with E-state index in [0.29, 0.717) is 49.4 Å². The third-order valence-corrected chi connectivity index (χ3v) is 5.41. The highest BCUT2D eigenvalue weighted by Gasteiger charge is 2.51. The molecule has 0 aromatic carbocycles. The summed E-state index contributed by atoms with van der Waals surface area (Å²) in [6.45, 7) is 3.42. The molecule has 3 aliphatic rings. The minimum Gasteiger partial charge on any atom is -0.365 e. The Morgan fingerprint density at radius 1 is 1.40 bits per heavy atom. The molecule has 4 rings (SSSR count). The van der Waals surface area contributed by atoms with Crippen LogP contribution in [0.2, 0.25) is 0 Å². The summed E-state index contributed by atoms with van der Waals surface area (Å²) in [6.07, 6.45) is -0.181. The van der Waals surface area contributed by atoms with E-state index >= 15 is 0 Å². The Morgan fingerprint density at radius 2 is 2.16 bits per heavy atom. The fourth-order valence-corrected chi connectivity index (χ4v) is 4.09. The molecule has 2 atom stereocenters. The summed E-state index contributed by atoms with van der Waals surface area (Å²) in [4.78, 5) is 13.0. The van der Waals surface area contributed by atoms with Crippen LogP contribution in [0.5, 0.6) is 0 Å². The summed E-state index contributed by atoms with van der Waals surface area (Å²) in [6, 6.07) is 1.87. The molecular formula is C17H23NO7. The molecule has 25 heavy (non-hydrogen) atoms. The summed E-state index contributed by atoms with van der Waals surface area (Å²) in [5, 5.41) is 10.5. The molecule has 0 aliphatic carbocycles. The predicted octanol–water partition coefficient (Wildman–Crippen LogP) is 0.526. The van der Waals surface area contributed by atoms with Crippen molar-refractivity contribution in [2.75, 3.05) is 27.1 Å². The second kappa shape index (κ2) is 6.15. The monoisotopic (exact) mass is 353 g/mol. The van der Waals surface area contributed by atoms with Gasteiger partial charge in [0.25, 0.3) is 5.56 Å². The Bertz CT molecular complexity index is 724. The van der Waals surface area contributed by atoms with Crippen LogP contribution in [0.3, 0.4) is 0 Å². The van der Waals surface area contributed by atoms with Gasteiger partial charge in [0.15, 0.2) is 6.29 Å². The summed E-state index contributed by atoms with van der Waals surface area (Å²) < 4.78 is 29.7. The Balaban J connectivity index is 1.90. The first-order valence-electron chi connectivity index (χ1n) is 8.56. The molecule has 1 N–H and O–H groups in total. The lowest BCUT2D eigenvalue weighted by molar-refractivity contribution is -0.276. The number of fused-ring (bicyclic) bond motifs is 3. The quantitative estimate of drug-likeness (QED) is 0.790. The van der Waals surface area contributed by atoms with Gasteiger partial charge in [-0.2, -0.15) is 0 Å². The fraction of sp³-hybridized carbons (Fsp3) is 0.706. The van der Waals surface area contributed by atoms with Crippen molar-refractivity contribution < 1.29 is 28.8 Å². The number of aliphatic hydroxyl groups excluding tert-OH is 1. The highest BCUT2D eigenvalue weighted by atomic mass is 16.7. The molecule has 0 amide bonds.